The van der Waals surface area contributed by atoms with Gasteiger partial charge in [0.15, 0.2) is 5.82 Å². The molecule has 1 N–H and O–H groups in total. The van der Waals surface area contributed by atoms with E-state index in [0.29, 0.717) is 6.04 Å². The second-order valence-corrected chi connectivity index (χ2v) is 5.25. The molecule has 0 aliphatic rings. The number of imidazole rings is 1. The first kappa shape index (κ1) is 12.9. The van der Waals surface area contributed by atoms with Crippen LogP contribution in [0.5, 0.6) is 0 Å². The Bertz CT molecular complexity index is 723. The van der Waals surface area contributed by atoms with Gasteiger partial charge in [-0.3, -0.25) is 0 Å². The van der Waals surface area contributed by atoms with Crippen molar-refractivity contribution in [2.45, 2.75) is 33.4 Å². The number of rotatable bonds is 4. The second kappa shape index (κ2) is 5.09. The van der Waals surface area contributed by atoms with Crippen LogP contribution in [0.15, 0.2) is 36.7 Å². The van der Waals surface area contributed by atoms with Gasteiger partial charge < -0.3 is 9.72 Å². The lowest BCUT2D eigenvalue weighted by Crippen LogP contribution is -2.23. The van der Waals surface area contributed by atoms with E-state index in [0.717, 1.165) is 29.4 Å². The fourth-order valence-corrected chi connectivity index (χ4v) is 2.22. The van der Waals surface area contributed by atoms with E-state index in [2.05, 4.69) is 28.7 Å². The van der Waals surface area contributed by atoms with Crippen molar-refractivity contribution < 1.29 is 0 Å². The summed E-state index contributed by atoms with van der Waals surface area (Å²) in [6, 6.07) is 8.45. The molecule has 0 radical (unpaired) electrons. The zero-order chi connectivity index (χ0) is 14.1. The van der Waals surface area contributed by atoms with Gasteiger partial charge in [0.25, 0.3) is 0 Å². The van der Waals surface area contributed by atoms with Crippen LogP contribution in [0.2, 0.25) is 0 Å². The molecule has 0 atom stereocenters. The maximum atomic E-state index is 4.70. The summed E-state index contributed by atoms with van der Waals surface area (Å²) in [6.45, 7) is 7.03. The molecule has 0 aliphatic heterocycles. The fourth-order valence-electron chi connectivity index (χ4n) is 2.22. The normalized spacial score (nSPS) is 11.6. The predicted octanol–water partition coefficient (Wildman–Crippen LogP) is 2.33. The van der Waals surface area contributed by atoms with E-state index < -0.39 is 0 Å². The quantitative estimate of drug-likeness (QED) is 0.790. The fraction of sp³-hybridized carbons (Fsp3) is 0.333. The Morgan fingerprint density at radius 1 is 1.20 bits per heavy atom. The molecule has 5 heteroatoms. The van der Waals surface area contributed by atoms with E-state index in [1.54, 1.807) is 0 Å². The van der Waals surface area contributed by atoms with Gasteiger partial charge in [0.05, 0.1) is 11.4 Å². The average Bonchev–Trinajstić information content (AvgIpc) is 2.99. The molecular weight excluding hydrogens is 250 g/mol. The Balaban J connectivity index is 2.12. The van der Waals surface area contributed by atoms with Crippen molar-refractivity contribution in [2.24, 2.45) is 0 Å². The van der Waals surface area contributed by atoms with Crippen molar-refractivity contribution in [3.63, 3.8) is 0 Å². The number of hydrogen-bond donors (Lipinski definition) is 1. The molecule has 0 spiro atoms. The summed E-state index contributed by atoms with van der Waals surface area (Å²) in [7, 11) is 0. The topological polar surface area (TPSA) is 47.1 Å². The Morgan fingerprint density at radius 2 is 2.05 bits per heavy atom. The molecule has 0 aliphatic carbocycles. The number of pyridine rings is 1. The summed E-state index contributed by atoms with van der Waals surface area (Å²) < 4.78 is 3.96. The molecule has 0 saturated heterocycles. The molecule has 3 aromatic heterocycles. The first-order valence-corrected chi connectivity index (χ1v) is 6.87. The number of aryl methyl sites for hydroxylation is 1. The SMILES string of the molecule is Cc1ccn(-c2nc3ccccn3c2CNC(C)C)n1. The van der Waals surface area contributed by atoms with Crippen molar-refractivity contribution in [3.05, 3.63) is 48.0 Å². The highest BCUT2D eigenvalue weighted by Crippen LogP contribution is 2.16. The monoisotopic (exact) mass is 269 g/mol. The van der Waals surface area contributed by atoms with Crippen LogP contribution < -0.4 is 5.32 Å². The molecule has 0 aromatic carbocycles. The van der Waals surface area contributed by atoms with Crippen molar-refractivity contribution in [1.29, 1.82) is 0 Å². The second-order valence-electron chi connectivity index (χ2n) is 5.25. The molecule has 0 unspecified atom stereocenters. The van der Waals surface area contributed by atoms with E-state index in [1.807, 2.05) is 48.3 Å². The molecule has 0 amide bonds. The van der Waals surface area contributed by atoms with Crippen molar-refractivity contribution in [3.8, 4) is 5.82 Å². The smallest absolute Gasteiger partial charge is 0.176 e. The third-order valence-electron chi connectivity index (χ3n) is 3.22. The summed E-state index contributed by atoms with van der Waals surface area (Å²) >= 11 is 0. The first-order valence-electron chi connectivity index (χ1n) is 6.87. The summed E-state index contributed by atoms with van der Waals surface area (Å²) in [5.74, 6) is 0.887. The van der Waals surface area contributed by atoms with Gasteiger partial charge in [0.1, 0.15) is 5.65 Å². The zero-order valence-electron chi connectivity index (χ0n) is 12.0. The Labute approximate surface area is 118 Å². The molecule has 0 bridgehead atoms. The average molecular weight is 269 g/mol. The highest BCUT2D eigenvalue weighted by molar-refractivity contribution is 5.48. The van der Waals surface area contributed by atoms with Gasteiger partial charge in [-0.2, -0.15) is 5.10 Å². The lowest BCUT2D eigenvalue weighted by atomic mass is 10.3. The highest BCUT2D eigenvalue weighted by atomic mass is 15.3. The van der Waals surface area contributed by atoms with E-state index in [4.69, 9.17) is 4.98 Å². The van der Waals surface area contributed by atoms with Crippen LogP contribution in [0.4, 0.5) is 0 Å². The summed E-state index contributed by atoms with van der Waals surface area (Å²) in [5, 5.41) is 7.93. The predicted molar refractivity (Wildman–Crippen MR) is 79.0 cm³/mol. The van der Waals surface area contributed by atoms with Crippen LogP contribution in [0.1, 0.15) is 25.2 Å². The number of hydrogen-bond acceptors (Lipinski definition) is 3. The molecule has 3 rings (SSSR count). The van der Waals surface area contributed by atoms with Crippen LogP contribution in [0.25, 0.3) is 11.5 Å². The third kappa shape index (κ3) is 2.32. The number of nitrogens with one attached hydrogen (secondary N) is 1. The van der Waals surface area contributed by atoms with Gasteiger partial charge in [-0.05, 0) is 25.1 Å². The summed E-state index contributed by atoms with van der Waals surface area (Å²) in [5.41, 5.74) is 3.05. The van der Waals surface area contributed by atoms with Gasteiger partial charge in [-0.15, -0.1) is 0 Å². The van der Waals surface area contributed by atoms with Gasteiger partial charge in [-0.1, -0.05) is 19.9 Å². The van der Waals surface area contributed by atoms with Gasteiger partial charge >= 0.3 is 0 Å². The van der Waals surface area contributed by atoms with Crippen molar-refractivity contribution in [1.82, 2.24) is 24.5 Å². The zero-order valence-corrected chi connectivity index (χ0v) is 12.0. The number of nitrogens with zero attached hydrogens (tertiary/aromatic N) is 4. The molecular formula is C15H19N5. The third-order valence-corrected chi connectivity index (χ3v) is 3.22. The molecule has 20 heavy (non-hydrogen) atoms. The van der Waals surface area contributed by atoms with Crippen molar-refractivity contribution >= 4 is 5.65 Å². The Morgan fingerprint density at radius 3 is 2.75 bits per heavy atom. The van der Waals surface area contributed by atoms with Crippen LogP contribution in [0.3, 0.4) is 0 Å². The van der Waals surface area contributed by atoms with Crippen LogP contribution in [-0.2, 0) is 6.54 Å². The first-order chi connectivity index (χ1) is 9.65. The van der Waals surface area contributed by atoms with Crippen LogP contribution in [0, 0.1) is 6.92 Å². The number of aromatic nitrogens is 4. The lowest BCUT2D eigenvalue weighted by molar-refractivity contribution is 0.576. The van der Waals surface area contributed by atoms with Crippen LogP contribution in [-0.4, -0.2) is 25.2 Å². The molecule has 0 fully saturated rings. The lowest BCUT2D eigenvalue weighted by Gasteiger charge is -2.09. The largest absolute Gasteiger partial charge is 0.309 e. The van der Waals surface area contributed by atoms with Gasteiger partial charge in [0.2, 0.25) is 0 Å². The summed E-state index contributed by atoms with van der Waals surface area (Å²) in [4.78, 5) is 4.70. The van der Waals surface area contributed by atoms with Gasteiger partial charge in [0, 0.05) is 25.0 Å². The standard InChI is InChI=1S/C15H19N5/c1-11(2)16-10-13-15(20-9-7-12(3)18-20)17-14-6-4-5-8-19(13)14/h4-9,11,16H,10H2,1-3H3. The van der Waals surface area contributed by atoms with Gasteiger partial charge in [-0.25, -0.2) is 9.67 Å². The molecule has 3 aromatic rings. The Kier molecular flexibility index (Phi) is 3.28. The minimum Gasteiger partial charge on any atom is -0.309 e. The van der Waals surface area contributed by atoms with Crippen molar-refractivity contribution in [2.75, 3.05) is 0 Å². The number of fused-ring (bicyclic) bond motifs is 1. The van der Waals surface area contributed by atoms with E-state index in [1.165, 1.54) is 0 Å². The van der Waals surface area contributed by atoms with Crippen LogP contribution >= 0.6 is 0 Å². The minimum atomic E-state index is 0.427. The summed E-state index contributed by atoms with van der Waals surface area (Å²) in [6.07, 6.45) is 4.00. The maximum Gasteiger partial charge on any atom is 0.176 e. The highest BCUT2D eigenvalue weighted by Gasteiger charge is 2.14. The van der Waals surface area contributed by atoms with E-state index in [9.17, 15) is 0 Å². The molecule has 3 heterocycles. The Hall–Kier alpha value is -2.14. The molecule has 5 nitrogen and oxygen atoms in total. The van der Waals surface area contributed by atoms with E-state index in [-0.39, 0.29) is 0 Å². The van der Waals surface area contributed by atoms with E-state index >= 15 is 0 Å². The minimum absolute atomic E-state index is 0.427. The maximum absolute atomic E-state index is 4.70. The molecule has 0 saturated carbocycles. The molecule has 104 valence electrons.